The van der Waals surface area contributed by atoms with Crippen LogP contribution < -0.4 is 36.9 Å². The van der Waals surface area contributed by atoms with E-state index in [2.05, 4.69) is 22.0 Å². The number of hydrogen-bond donors (Lipinski definition) is 6. The van der Waals surface area contributed by atoms with E-state index in [4.69, 9.17) is 26.0 Å². The number of rotatable bonds is 18. The Labute approximate surface area is 461 Å². The number of nitrogen functional groups attached to an aromatic ring is 1. The van der Waals surface area contributed by atoms with E-state index in [0.29, 0.717) is 29.5 Å². The molecule has 0 radical (unpaired) electrons. The first-order valence-electron chi connectivity index (χ1n) is 26.9. The molecule has 6 aromatic carbocycles. The SMILES string of the molecule is CC(C)Oc1ccccc1NCCN.CC(C)Oc1ccccc1NCCNCc1cccc(C(=O)N2CCCCC2)c1.Cc1ccccc1N.O=Cc1cccc(C(=O)N2CCCCC2)c1.O=Cc1cccc(C(=O)O)c1. The zero-order chi connectivity index (χ0) is 56.5. The first-order valence-corrected chi connectivity index (χ1v) is 26.9. The lowest BCUT2D eigenvalue weighted by atomic mass is 10.1. The number of hydrogen-bond acceptors (Lipinski definition) is 12. The van der Waals surface area contributed by atoms with Crippen LogP contribution in [0.2, 0.25) is 0 Å². The summed E-state index contributed by atoms with van der Waals surface area (Å²) in [5, 5.41) is 18.6. The van der Waals surface area contributed by atoms with Gasteiger partial charge in [-0.2, -0.15) is 0 Å². The topological polar surface area (TPSA) is 219 Å². The maximum absolute atomic E-state index is 12.7. The smallest absolute Gasteiger partial charge is 0.335 e. The van der Waals surface area contributed by atoms with Gasteiger partial charge in [-0.3, -0.25) is 19.2 Å². The number of nitrogens with zero attached hydrogens (tertiary/aromatic N) is 2. The molecule has 416 valence electrons. The summed E-state index contributed by atoms with van der Waals surface area (Å²) < 4.78 is 11.5. The molecule has 0 aliphatic carbocycles. The van der Waals surface area contributed by atoms with E-state index in [1.807, 2.05) is 135 Å². The molecule has 78 heavy (non-hydrogen) atoms. The van der Waals surface area contributed by atoms with E-state index in [-0.39, 0.29) is 29.6 Å². The van der Waals surface area contributed by atoms with Gasteiger partial charge in [0, 0.05) is 86.8 Å². The molecule has 0 atom stereocenters. The molecule has 8 N–H and O–H groups in total. The van der Waals surface area contributed by atoms with Crippen molar-refractivity contribution in [2.24, 2.45) is 5.73 Å². The normalized spacial score (nSPS) is 12.6. The lowest BCUT2D eigenvalue weighted by Crippen LogP contribution is -2.35. The number of carbonyl (C=O) groups is 5. The number of likely N-dealkylation sites (tertiary alicyclic amines) is 2. The fourth-order valence-corrected chi connectivity index (χ4v) is 8.11. The molecule has 15 heteroatoms. The number of aromatic carboxylic acids is 1. The Kier molecular flexibility index (Phi) is 28.3. The summed E-state index contributed by atoms with van der Waals surface area (Å²) >= 11 is 0. The van der Waals surface area contributed by atoms with Crippen molar-refractivity contribution in [3.8, 4) is 11.5 Å². The summed E-state index contributed by atoms with van der Waals surface area (Å²) in [4.78, 5) is 59.8. The Bertz CT molecular complexity index is 2730. The molecule has 0 spiro atoms. The molecule has 2 fully saturated rings. The Morgan fingerprint density at radius 1 is 0.564 bits per heavy atom. The van der Waals surface area contributed by atoms with Crippen LogP contribution in [0.3, 0.4) is 0 Å². The molecule has 2 aliphatic heterocycles. The number of para-hydroxylation sites is 5. The second-order valence-corrected chi connectivity index (χ2v) is 19.2. The number of ether oxygens (including phenoxy) is 2. The van der Waals surface area contributed by atoms with Crippen LogP contribution >= 0.6 is 0 Å². The van der Waals surface area contributed by atoms with Gasteiger partial charge in [-0.05, 0) is 151 Å². The van der Waals surface area contributed by atoms with E-state index in [1.165, 1.54) is 31.0 Å². The molecule has 15 nitrogen and oxygen atoms in total. The lowest BCUT2D eigenvalue weighted by Gasteiger charge is -2.26. The Morgan fingerprint density at radius 3 is 1.47 bits per heavy atom. The summed E-state index contributed by atoms with van der Waals surface area (Å²) in [7, 11) is 0. The Balaban J connectivity index is 0.000000227. The van der Waals surface area contributed by atoms with Crippen LogP contribution in [-0.4, -0.2) is 110 Å². The van der Waals surface area contributed by atoms with Crippen LogP contribution in [0, 0.1) is 6.92 Å². The average Bonchev–Trinajstić information content (AvgIpc) is 3.46. The third-order valence-corrected chi connectivity index (χ3v) is 12.1. The van der Waals surface area contributed by atoms with E-state index in [9.17, 15) is 24.0 Å². The second kappa shape index (κ2) is 35.3. The van der Waals surface area contributed by atoms with Gasteiger partial charge in [-0.1, -0.05) is 78.9 Å². The molecule has 2 aliphatic rings. The van der Waals surface area contributed by atoms with Gasteiger partial charge in [-0.25, -0.2) is 4.79 Å². The van der Waals surface area contributed by atoms with Crippen LogP contribution in [0.25, 0.3) is 0 Å². The summed E-state index contributed by atoms with van der Waals surface area (Å²) in [6, 6.07) is 44.4. The van der Waals surface area contributed by atoms with Crippen LogP contribution in [-0.2, 0) is 6.54 Å². The number of amides is 2. The standard InChI is InChI=1S/C24H33N3O2.C13H15NO2.C11H18N2O.C8H6O3.C7H9N/c1-19(2)29-23-12-5-4-11-22(23)26-14-13-25-18-20-9-8-10-21(17-20)24(28)27-15-6-3-7-16-27;15-10-11-5-4-6-12(9-11)13(16)14-7-2-1-3-8-14;1-9(2)14-11-6-4-3-5-10(11)13-8-7-12;9-5-6-2-1-3-7(4-6)8(10)11;1-6-4-2-3-5-7(6)8/h4-5,8-12,17,19,25-26H,3,6-7,13-16,18H2,1-2H3;4-6,9-10H,1-3,7-8H2;3-6,9,13H,7-8,12H2,1-2H3;1-5H,(H,10,11);2-5H,8H2,1H3. The maximum Gasteiger partial charge on any atom is 0.335 e. The third kappa shape index (κ3) is 23.1. The van der Waals surface area contributed by atoms with Crippen molar-refractivity contribution < 1.29 is 38.6 Å². The predicted molar refractivity (Wildman–Crippen MR) is 314 cm³/mol. The minimum Gasteiger partial charge on any atom is -0.489 e. The lowest BCUT2D eigenvalue weighted by molar-refractivity contribution is 0.0692. The Morgan fingerprint density at radius 2 is 1.01 bits per heavy atom. The number of aryl methyl sites for hydroxylation is 1. The van der Waals surface area contributed by atoms with Gasteiger partial charge in [0.05, 0.1) is 29.1 Å². The maximum atomic E-state index is 12.7. The van der Waals surface area contributed by atoms with Crippen molar-refractivity contribution in [3.05, 3.63) is 185 Å². The quantitative estimate of drug-likeness (QED) is 0.0268. The molecule has 0 bridgehead atoms. The van der Waals surface area contributed by atoms with Crippen LogP contribution in [0.5, 0.6) is 11.5 Å². The van der Waals surface area contributed by atoms with Crippen LogP contribution in [0.15, 0.2) is 146 Å². The average molecular weight is 1060 g/mol. The predicted octanol–water partition coefficient (Wildman–Crippen LogP) is 11.0. The van der Waals surface area contributed by atoms with Gasteiger partial charge in [0.2, 0.25) is 0 Å². The van der Waals surface area contributed by atoms with Crippen LogP contribution in [0.1, 0.15) is 129 Å². The largest absolute Gasteiger partial charge is 0.489 e. The number of benzene rings is 6. The third-order valence-electron chi connectivity index (χ3n) is 12.1. The zero-order valence-electron chi connectivity index (χ0n) is 46.1. The van der Waals surface area contributed by atoms with Crippen molar-refractivity contribution in [1.29, 1.82) is 0 Å². The number of piperidine rings is 2. The van der Waals surface area contributed by atoms with Crippen molar-refractivity contribution in [1.82, 2.24) is 15.1 Å². The zero-order valence-corrected chi connectivity index (χ0v) is 46.1. The fourth-order valence-electron chi connectivity index (χ4n) is 8.11. The number of carboxylic acid groups (broad SMARTS) is 1. The fraction of sp³-hybridized carbons (Fsp3) is 0.349. The summed E-state index contributed by atoms with van der Waals surface area (Å²) in [6.45, 7) is 17.3. The first kappa shape index (κ1) is 62.5. The minimum absolute atomic E-state index is 0.0448. The molecular formula is C63H81N7O8. The number of nitrogens with two attached hydrogens (primary N) is 2. The summed E-state index contributed by atoms with van der Waals surface area (Å²) in [5.74, 6) is 0.953. The monoisotopic (exact) mass is 1060 g/mol. The Hall–Kier alpha value is -8.01. The molecule has 0 unspecified atom stereocenters. The molecule has 6 aromatic rings. The minimum atomic E-state index is -1.02. The van der Waals surface area contributed by atoms with Crippen LogP contribution in [0.4, 0.5) is 17.1 Å². The first-order chi connectivity index (χ1) is 37.7. The van der Waals surface area contributed by atoms with Gasteiger partial charge in [0.1, 0.15) is 24.1 Å². The van der Waals surface area contributed by atoms with E-state index in [0.717, 1.165) is 130 Å². The molecule has 2 saturated heterocycles. The summed E-state index contributed by atoms with van der Waals surface area (Å²) in [5.41, 5.74) is 18.6. The number of aldehydes is 2. The number of carboxylic acids is 1. The van der Waals surface area contributed by atoms with E-state index >= 15 is 0 Å². The van der Waals surface area contributed by atoms with Crippen molar-refractivity contribution >= 4 is 47.4 Å². The van der Waals surface area contributed by atoms with E-state index in [1.54, 1.807) is 30.3 Å². The molecular weight excluding hydrogens is 983 g/mol. The number of nitrogens with one attached hydrogen (secondary N) is 3. The summed E-state index contributed by atoms with van der Waals surface area (Å²) in [6.07, 6.45) is 8.56. The van der Waals surface area contributed by atoms with Gasteiger partial charge in [0.15, 0.2) is 0 Å². The van der Waals surface area contributed by atoms with Gasteiger partial charge in [-0.15, -0.1) is 0 Å². The molecule has 8 rings (SSSR count). The molecule has 2 amide bonds. The highest BCUT2D eigenvalue weighted by Crippen LogP contribution is 2.26. The highest BCUT2D eigenvalue weighted by molar-refractivity contribution is 5.96. The van der Waals surface area contributed by atoms with Gasteiger partial charge < -0.3 is 51.8 Å². The van der Waals surface area contributed by atoms with Crippen molar-refractivity contribution in [2.45, 2.75) is 91.9 Å². The number of anilines is 3. The highest BCUT2D eigenvalue weighted by Gasteiger charge is 2.19. The van der Waals surface area contributed by atoms with Gasteiger partial charge in [0.25, 0.3) is 11.8 Å². The second-order valence-electron chi connectivity index (χ2n) is 19.2. The molecule has 2 heterocycles. The van der Waals surface area contributed by atoms with Crippen molar-refractivity contribution in [2.75, 3.05) is 68.7 Å². The molecule has 0 saturated carbocycles. The van der Waals surface area contributed by atoms with Crippen molar-refractivity contribution in [3.63, 3.8) is 0 Å². The number of carbonyl (C=O) groups excluding carboxylic acids is 4. The van der Waals surface area contributed by atoms with E-state index < -0.39 is 5.97 Å². The molecule has 0 aromatic heterocycles. The highest BCUT2D eigenvalue weighted by atomic mass is 16.5. The van der Waals surface area contributed by atoms with Gasteiger partial charge >= 0.3 is 5.97 Å².